The topological polar surface area (TPSA) is 49.8 Å². The average Bonchev–Trinajstić information content (AvgIpc) is 2.52. The van der Waals surface area contributed by atoms with E-state index in [2.05, 4.69) is 0 Å². The summed E-state index contributed by atoms with van der Waals surface area (Å²) in [5, 5.41) is 10.8. The molecule has 1 heterocycles. The van der Waals surface area contributed by atoms with E-state index in [4.69, 9.17) is 4.74 Å². The molecule has 1 N–H and O–H groups in total. The second-order valence-corrected chi connectivity index (χ2v) is 7.32. The van der Waals surface area contributed by atoms with Crippen molar-refractivity contribution >= 4 is 6.09 Å². The molecule has 0 bridgehead atoms. The predicted molar refractivity (Wildman–Crippen MR) is 87.0 cm³/mol. The summed E-state index contributed by atoms with van der Waals surface area (Å²) in [7, 11) is 0. The van der Waals surface area contributed by atoms with E-state index in [-0.39, 0.29) is 18.5 Å². The molecule has 2 rings (SSSR count). The summed E-state index contributed by atoms with van der Waals surface area (Å²) < 4.78 is 47.0. The van der Waals surface area contributed by atoms with Crippen LogP contribution in [-0.4, -0.2) is 40.5 Å². The number of hydrogen-bond acceptors (Lipinski definition) is 3. The molecular weight excluding hydrogens is 335 g/mol. The fourth-order valence-corrected chi connectivity index (χ4v) is 3.14. The monoisotopic (exact) mass is 359 g/mol. The Morgan fingerprint density at radius 3 is 2.28 bits per heavy atom. The highest BCUT2D eigenvalue weighted by molar-refractivity contribution is 5.69. The Labute approximate surface area is 145 Å². The first kappa shape index (κ1) is 19.6. The van der Waals surface area contributed by atoms with Crippen molar-refractivity contribution in [2.24, 2.45) is 0 Å². The van der Waals surface area contributed by atoms with Gasteiger partial charge in [-0.25, -0.2) is 4.79 Å². The Balaban J connectivity index is 2.45. The first-order chi connectivity index (χ1) is 11.5. The Morgan fingerprint density at radius 2 is 1.76 bits per heavy atom. The standard InChI is InChI=1S/C18H24F3NO3/c1-16(2,3)25-15(23)22-12-8-7-11-14(22)17(24,18(19,20)21)13-9-5-4-6-10-13/h4-6,9-10,14,24H,7-8,11-12H2,1-3H3/t14-,17-/m0/s1. The van der Waals surface area contributed by atoms with Gasteiger partial charge in [0, 0.05) is 6.54 Å². The third-order valence-corrected chi connectivity index (χ3v) is 4.26. The third-order valence-electron chi connectivity index (χ3n) is 4.26. The molecule has 1 aromatic carbocycles. The van der Waals surface area contributed by atoms with Gasteiger partial charge < -0.3 is 14.7 Å². The molecular formula is C18H24F3NO3. The number of carbonyl (C=O) groups excluding carboxylic acids is 1. The van der Waals surface area contributed by atoms with Crippen LogP contribution in [0, 0.1) is 0 Å². The third kappa shape index (κ3) is 4.08. The van der Waals surface area contributed by atoms with Crippen molar-refractivity contribution < 1.29 is 27.8 Å². The summed E-state index contributed by atoms with van der Waals surface area (Å²) in [6.07, 6.45) is -4.66. The number of carbonyl (C=O) groups is 1. The molecule has 1 saturated heterocycles. The van der Waals surface area contributed by atoms with Gasteiger partial charge in [0.25, 0.3) is 0 Å². The number of rotatable bonds is 2. The normalized spacial score (nSPS) is 21.6. The van der Waals surface area contributed by atoms with Crippen molar-refractivity contribution in [1.82, 2.24) is 4.90 Å². The van der Waals surface area contributed by atoms with Crippen LogP contribution in [0.5, 0.6) is 0 Å². The van der Waals surface area contributed by atoms with Crippen molar-refractivity contribution in [2.75, 3.05) is 6.54 Å². The molecule has 0 spiro atoms. The fraction of sp³-hybridized carbons (Fsp3) is 0.611. The molecule has 140 valence electrons. The summed E-state index contributed by atoms with van der Waals surface area (Å²) in [6.45, 7) is 5.07. The zero-order valence-electron chi connectivity index (χ0n) is 14.6. The lowest BCUT2D eigenvalue weighted by Gasteiger charge is -2.46. The van der Waals surface area contributed by atoms with E-state index < -0.39 is 29.5 Å². The fourth-order valence-electron chi connectivity index (χ4n) is 3.14. The Morgan fingerprint density at radius 1 is 1.16 bits per heavy atom. The number of amides is 1. The molecule has 1 aliphatic rings. The minimum absolute atomic E-state index is 0.0458. The van der Waals surface area contributed by atoms with Crippen LogP contribution >= 0.6 is 0 Å². The molecule has 2 atom stereocenters. The second kappa shape index (κ2) is 6.86. The molecule has 0 radical (unpaired) electrons. The van der Waals surface area contributed by atoms with E-state index in [1.54, 1.807) is 26.8 Å². The first-order valence-corrected chi connectivity index (χ1v) is 8.31. The lowest BCUT2D eigenvalue weighted by Crippen LogP contribution is -2.61. The van der Waals surface area contributed by atoms with Gasteiger partial charge in [-0.3, -0.25) is 0 Å². The summed E-state index contributed by atoms with van der Waals surface area (Å²) in [5.41, 5.74) is -4.25. The molecule has 1 aromatic rings. The summed E-state index contributed by atoms with van der Waals surface area (Å²) in [4.78, 5) is 13.5. The maximum Gasteiger partial charge on any atom is 0.423 e. The zero-order valence-corrected chi connectivity index (χ0v) is 14.6. The number of alkyl halides is 3. The van der Waals surface area contributed by atoms with Crippen molar-refractivity contribution in [2.45, 2.75) is 63.5 Å². The van der Waals surface area contributed by atoms with E-state index in [0.29, 0.717) is 12.8 Å². The quantitative estimate of drug-likeness (QED) is 0.860. The van der Waals surface area contributed by atoms with Gasteiger partial charge in [0.2, 0.25) is 5.60 Å². The van der Waals surface area contributed by atoms with Gasteiger partial charge in [0.1, 0.15) is 5.60 Å². The van der Waals surface area contributed by atoms with E-state index in [0.717, 1.165) is 4.90 Å². The van der Waals surface area contributed by atoms with Gasteiger partial charge in [-0.15, -0.1) is 0 Å². The van der Waals surface area contributed by atoms with Crippen LogP contribution in [0.4, 0.5) is 18.0 Å². The zero-order chi connectivity index (χ0) is 18.9. The summed E-state index contributed by atoms with van der Waals surface area (Å²) in [6, 6.07) is 5.48. The minimum atomic E-state index is -4.93. The number of likely N-dealkylation sites (tertiary alicyclic amines) is 1. The van der Waals surface area contributed by atoms with Crippen LogP contribution in [0.25, 0.3) is 0 Å². The average molecular weight is 359 g/mol. The molecule has 0 unspecified atom stereocenters. The van der Waals surface area contributed by atoms with Gasteiger partial charge in [-0.1, -0.05) is 30.3 Å². The first-order valence-electron chi connectivity index (χ1n) is 8.31. The SMILES string of the molecule is CC(C)(C)OC(=O)N1CCCC[C@H]1[C@@](O)(c1ccccc1)C(F)(F)F. The van der Waals surface area contributed by atoms with Crippen LogP contribution in [0.1, 0.15) is 45.6 Å². The van der Waals surface area contributed by atoms with Gasteiger partial charge in [0.15, 0.2) is 0 Å². The van der Waals surface area contributed by atoms with E-state index in [1.807, 2.05) is 0 Å². The highest BCUT2D eigenvalue weighted by atomic mass is 19.4. The number of hydrogen-bond donors (Lipinski definition) is 1. The molecule has 1 amide bonds. The molecule has 7 heteroatoms. The maximum absolute atomic E-state index is 13.9. The van der Waals surface area contributed by atoms with Crippen LogP contribution in [0.3, 0.4) is 0 Å². The van der Waals surface area contributed by atoms with E-state index in [1.165, 1.54) is 24.3 Å². The van der Waals surface area contributed by atoms with E-state index in [9.17, 15) is 23.1 Å². The number of ether oxygens (including phenoxy) is 1. The van der Waals surface area contributed by atoms with Gasteiger partial charge in [-0.05, 0) is 45.6 Å². The Hall–Kier alpha value is -1.76. The van der Waals surface area contributed by atoms with Crippen LogP contribution < -0.4 is 0 Å². The van der Waals surface area contributed by atoms with Gasteiger partial charge in [0.05, 0.1) is 6.04 Å². The number of aliphatic hydroxyl groups is 1. The van der Waals surface area contributed by atoms with Crippen molar-refractivity contribution in [3.8, 4) is 0 Å². The smallest absolute Gasteiger partial charge is 0.423 e. The molecule has 4 nitrogen and oxygen atoms in total. The van der Waals surface area contributed by atoms with Gasteiger partial charge in [-0.2, -0.15) is 13.2 Å². The Kier molecular flexibility index (Phi) is 5.37. The van der Waals surface area contributed by atoms with Crippen LogP contribution in [0.2, 0.25) is 0 Å². The summed E-state index contributed by atoms with van der Waals surface area (Å²) in [5.74, 6) is 0. The number of nitrogens with zero attached hydrogens (tertiary/aromatic N) is 1. The van der Waals surface area contributed by atoms with Crippen LogP contribution in [0.15, 0.2) is 30.3 Å². The molecule has 0 saturated carbocycles. The van der Waals surface area contributed by atoms with Crippen molar-refractivity contribution in [3.05, 3.63) is 35.9 Å². The molecule has 0 aliphatic carbocycles. The molecule has 25 heavy (non-hydrogen) atoms. The summed E-state index contributed by atoms with van der Waals surface area (Å²) >= 11 is 0. The number of benzene rings is 1. The van der Waals surface area contributed by atoms with Crippen molar-refractivity contribution in [3.63, 3.8) is 0 Å². The van der Waals surface area contributed by atoms with E-state index >= 15 is 0 Å². The number of piperidine rings is 1. The molecule has 1 fully saturated rings. The Bertz CT molecular complexity index is 598. The number of halogens is 3. The molecule has 1 aliphatic heterocycles. The molecule has 0 aromatic heterocycles. The minimum Gasteiger partial charge on any atom is -0.444 e. The predicted octanol–water partition coefficient (Wildman–Crippen LogP) is 4.23. The second-order valence-electron chi connectivity index (χ2n) is 7.32. The highest BCUT2D eigenvalue weighted by Gasteiger charge is 2.62. The maximum atomic E-state index is 13.9. The van der Waals surface area contributed by atoms with Crippen molar-refractivity contribution in [1.29, 1.82) is 0 Å². The highest BCUT2D eigenvalue weighted by Crippen LogP contribution is 2.46. The lowest BCUT2D eigenvalue weighted by atomic mass is 9.80. The lowest BCUT2D eigenvalue weighted by molar-refractivity contribution is -0.289. The largest absolute Gasteiger partial charge is 0.444 e. The van der Waals surface area contributed by atoms with Gasteiger partial charge >= 0.3 is 12.3 Å². The van der Waals surface area contributed by atoms with Crippen LogP contribution in [-0.2, 0) is 10.3 Å².